The smallest absolute Gasteiger partial charge is 0.260 e. The summed E-state index contributed by atoms with van der Waals surface area (Å²) >= 11 is 1.49. The van der Waals surface area contributed by atoms with E-state index in [0.29, 0.717) is 47.7 Å². The van der Waals surface area contributed by atoms with Gasteiger partial charge in [-0.3, -0.25) is 9.69 Å². The number of carbonyl (C=O) groups is 1. The molecule has 4 rings (SSSR count). The molecule has 0 saturated carbocycles. The quantitative estimate of drug-likeness (QED) is 0.476. The fourth-order valence-corrected chi connectivity index (χ4v) is 4.60. The second kappa shape index (κ2) is 10.8. The molecule has 0 radical (unpaired) electrons. The highest BCUT2D eigenvalue weighted by molar-refractivity contribution is 7.22. The number of halogens is 1. The summed E-state index contributed by atoms with van der Waals surface area (Å²) in [6.07, 6.45) is 0. The van der Waals surface area contributed by atoms with E-state index < -0.39 is 0 Å². The van der Waals surface area contributed by atoms with E-state index >= 15 is 0 Å². The number of anilines is 1. The number of likely N-dealkylation sites (N-methyl/N-ethyl adjacent to an activating group) is 1. The van der Waals surface area contributed by atoms with Crippen molar-refractivity contribution >= 4 is 45.0 Å². The summed E-state index contributed by atoms with van der Waals surface area (Å²) in [5.74, 6) is 1.87. The van der Waals surface area contributed by atoms with Gasteiger partial charge in [0, 0.05) is 18.7 Å². The van der Waals surface area contributed by atoms with Gasteiger partial charge in [0.15, 0.2) is 16.6 Å². The van der Waals surface area contributed by atoms with Crippen LogP contribution in [-0.2, 0) is 0 Å². The van der Waals surface area contributed by atoms with E-state index in [1.807, 2.05) is 18.2 Å². The van der Waals surface area contributed by atoms with Crippen LogP contribution in [0.3, 0.4) is 0 Å². The fourth-order valence-electron chi connectivity index (χ4n) is 3.59. The number of hydrogen-bond acceptors (Lipinski definition) is 7. The molecule has 1 aromatic heterocycles. The minimum Gasteiger partial charge on any atom is -0.494 e. The number of fused-ring (bicyclic) bond motifs is 2. The number of ether oxygens (including phenoxy) is 3. The number of aromatic nitrogens is 1. The van der Waals surface area contributed by atoms with Gasteiger partial charge in [-0.05, 0) is 43.4 Å². The molecule has 2 heterocycles. The summed E-state index contributed by atoms with van der Waals surface area (Å²) < 4.78 is 17.7. The third-order valence-electron chi connectivity index (χ3n) is 5.39. The molecule has 1 aliphatic heterocycles. The SMILES string of the molecule is CCN(CC)CCN(C(=O)c1ccc2c(c1)OCCO2)c1nc2c(OC)cccc2s1.Cl. The average Bonchev–Trinajstić information content (AvgIpc) is 3.25. The van der Waals surface area contributed by atoms with Crippen LogP contribution in [0.1, 0.15) is 24.2 Å². The zero-order valence-electron chi connectivity index (χ0n) is 18.5. The van der Waals surface area contributed by atoms with Crippen molar-refractivity contribution in [2.24, 2.45) is 0 Å². The lowest BCUT2D eigenvalue weighted by Crippen LogP contribution is -2.39. The Morgan fingerprint density at radius 3 is 2.56 bits per heavy atom. The highest BCUT2D eigenvalue weighted by Crippen LogP contribution is 2.36. The Labute approximate surface area is 198 Å². The van der Waals surface area contributed by atoms with Gasteiger partial charge >= 0.3 is 0 Å². The molecule has 0 unspecified atom stereocenters. The first-order valence-electron chi connectivity index (χ1n) is 10.5. The molecule has 3 aromatic rings. The van der Waals surface area contributed by atoms with E-state index in [-0.39, 0.29) is 18.3 Å². The van der Waals surface area contributed by atoms with Gasteiger partial charge in [0.05, 0.1) is 11.8 Å². The van der Waals surface area contributed by atoms with E-state index in [4.69, 9.17) is 19.2 Å². The summed E-state index contributed by atoms with van der Waals surface area (Å²) in [6.45, 7) is 8.40. The van der Waals surface area contributed by atoms with Gasteiger partial charge in [0.25, 0.3) is 5.91 Å². The van der Waals surface area contributed by atoms with Crippen LogP contribution in [-0.4, -0.2) is 62.3 Å². The first-order valence-corrected chi connectivity index (χ1v) is 11.3. The third-order valence-corrected chi connectivity index (χ3v) is 6.43. The van der Waals surface area contributed by atoms with Gasteiger partial charge in [-0.1, -0.05) is 31.3 Å². The molecule has 0 bridgehead atoms. The molecule has 0 N–H and O–H groups in total. The number of hydrogen-bond donors (Lipinski definition) is 0. The predicted octanol–water partition coefficient (Wildman–Crippen LogP) is 4.49. The highest BCUT2D eigenvalue weighted by atomic mass is 35.5. The van der Waals surface area contributed by atoms with Gasteiger partial charge in [0.2, 0.25) is 0 Å². The molecule has 9 heteroatoms. The molecule has 32 heavy (non-hydrogen) atoms. The number of nitrogens with zero attached hydrogens (tertiary/aromatic N) is 3. The summed E-state index contributed by atoms with van der Waals surface area (Å²) in [5, 5.41) is 0.659. The zero-order valence-corrected chi connectivity index (χ0v) is 20.1. The Morgan fingerprint density at radius 1 is 1.09 bits per heavy atom. The van der Waals surface area contributed by atoms with Crippen molar-refractivity contribution < 1.29 is 19.0 Å². The van der Waals surface area contributed by atoms with E-state index in [0.717, 1.165) is 29.9 Å². The number of methoxy groups -OCH3 is 1. The first-order chi connectivity index (χ1) is 15.1. The van der Waals surface area contributed by atoms with Crippen molar-refractivity contribution in [1.82, 2.24) is 9.88 Å². The number of thiazole rings is 1. The Balaban J connectivity index is 0.00000289. The molecule has 0 saturated heterocycles. The van der Waals surface area contributed by atoms with Crippen LogP contribution in [0.25, 0.3) is 10.2 Å². The molecule has 0 aliphatic carbocycles. The minimum atomic E-state index is -0.109. The van der Waals surface area contributed by atoms with Crippen LogP contribution in [0.4, 0.5) is 5.13 Å². The van der Waals surface area contributed by atoms with Crippen molar-refractivity contribution in [3.05, 3.63) is 42.0 Å². The van der Waals surface area contributed by atoms with E-state index in [9.17, 15) is 4.79 Å². The van der Waals surface area contributed by atoms with Crippen molar-refractivity contribution in [2.45, 2.75) is 13.8 Å². The predicted molar refractivity (Wildman–Crippen MR) is 130 cm³/mol. The zero-order chi connectivity index (χ0) is 21.8. The van der Waals surface area contributed by atoms with Crippen molar-refractivity contribution in [3.63, 3.8) is 0 Å². The van der Waals surface area contributed by atoms with Crippen molar-refractivity contribution in [3.8, 4) is 17.2 Å². The fraction of sp³-hybridized carbons (Fsp3) is 0.391. The molecule has 1 amide bonds. The minimum absolute atomic E-state index is 0. The summed E-state index contributed by atoms with van der Waals surface area (Å²) in [4.78, 5) is 22.4. The second-order valence-electron chi connectivity index (χ2n) is 7.15. The lowest BCUT2D eigenvalue weighted by Gasteiger charge is -2.25. The standard InChI is InChI=1S/C23H27N3O4S.ClH/c1-4-25(5-2)11-12-26(23-24-21-18(28-3)7-6-8-20(21)31-23)22(27)16-9-10-17-19(15-16)30-14-13-29-17;/h6-10,15H,4-5,11-14H2,1-3H3;1H. The van der Waals surface area contributed by atoms with Gasteiger partial charge in [-0.25, -0.2) is 4.98 Å². The first kappa shape index (κ1) is 24.1. The van der Waals surface area contributed by atoms with Crippen LogP contribution < -0.4 is 19.1 Å². The average molecular weight is 478 g/mol. The summed E-state index contributed by atoms with van der Waals surface area (Å²) in [7, 11) is 1.63. The molecule has 1 aliphatic rings. The molecule has 0 spiro atoms. The molecule has 172 valence electrons. The molecule has 0 atom stereocenters. The Morgan fingerprint density at radius 2 is 1.84 bits per heavy atom. The lowest BCUT2D eigenvalue weighted by molar-refractivity contribution is 0.0982. The molecule has 0 fully saturated rings. The Hall–Kier alpha value is -2.55. The molecular formula is C23H28ClN3O4S. The lowest BCUT2D eigenvalue weighted by atomic mass is 10.1. The van der Waals surface area contributed by atoms with E-state index in [2.05, 4.69) is 18.7 Å². The van der Waals surface area contributed by atoms with Gasteiger partial charge < -0.3 is 19.1 Å². The molecule has 7 nitrogen and oxygen atoms in total. The summed E-state index contributed by atoms with van der Waals surface area (Å²) in [5.41, 5.74) is 1.32. The number of amides is 1. The van der Waals surface area contributed by atoms with Crippen molar-refractivity contribution in [1.29, 1.82) is 0 Å². The van der Waals surface area contributed by atoms with E-state index in [1.54, 1.807) is 30.2 Å². The highest BCUT2D eigenvalue weighted by Gasteiger charge is 2.24. The number of para-hydroxylation sites is 1. The van der Waals surface area contributed by atoms with Gasteiger partial charge in [0.1, 0.15) is 24.5 Å². The van der Waals surface area contributed by atoms with E-state index in [1.165, 1.54) is 11.3 Å². The maximum Gasteiger partial charge on any atom is 0.260 e. The monoisotopic (exact) mass is 477 g/mol. The maximum atomic E-state index is 13.6. The summed E-state index contributed by atoms with van der Waals surface area (Å²) in [6, 6.07) is 11.2. The third kappa shape index (κ3) is 4.92. The molecule has 2 aromatic carbocycles. The maximum absolute atomic E-state index is 13.6. The van der Waals surface area contributed by atoms with Gasteiger partial charge in [-0.15, -0.1) is 12.4 Å². The van der Waals surface area contributed by atoms with Gasteiger partial charge in [-0.2, -0.15) is 0 Å². The van der Waals surface area contributed by atoms with Crippen LogP contribution in [0.15, 0.2) is 36.4 Å². The van der Waals surface area contributed by atoms with Crippen LogP contribution in [0.2, 0.25) is 0 Å². The number of rotatable bonds is 8. The second-order valence-corrected chi connectivity index (χ2v) is 8.15. The van der Waals surface area contributed by atoms with Crippen molar-refractivity contribution in [2.75, 3.05) is 51.4 Å². The Bertz CT molecular complexity index is 1070. The number of carbonyl (C=O) groups excluding carboxylic acids is 1. The molecular weight excluding hydrogens is 450 g/mol. The topological polar surface area (TPSA) is 64.1 Å². The van der Waals surface area contributed by atoms with Crippen LogP contribution >= 0.6 is 23.7 Å². The van der Waals surface area contributed by atoms with Crippen LogP contribution in [0, 0.1) is 0 Å². The Kier molecular flexibility index (Phi) is 8.17. The normalized spacial score (nSPS) is 12.5. The number of benzene rings is 2. The van der Waals surface area contributed by atoms with Crippen LogP contribution in [0.5, 0.6) is 17.2 Å². The largest absolute Gasteiger partial charge is 0.494 e.